The molecule has 3 amide bonds. The van der Waals surface area contributed by atoms with Crippen LogP contribution in [0.5, 0.6) is 5.75 Å². The second kappa shape index (κ2) is 19.9. The molecule has 13 nitrogen and oxygen atoms in total. The number of aromatic hydroxyl groups is 1. The molecule has 51 heavy (non-hydrogen) atoms. The zero-order chi connectivity index (χ0) is 37.5. The van der Waals surface area contributed by atoms with Gasteiger partial charge in [-0.25, -0.2) is 4.79 Å². The highest BCUT2D eigenvalue weighted by atomic mass is 16.4. The third-order valence-electron chi connectivity index (χ3n) is 8.49. The van der Waals surface area contributed by atoms with E-state index < -0.39 is 35.4 Å². The zero-order valence-electron chi connectivity index (χ0n) is 29.9. The van der Waals surface area contributed by atoms with Gasteiger partial charge in [0.25, 0.3) is 0 Å². The summed E-state index contributed by atoms with van der Waals surface area (Å²) < 4.78 is 5.18. The first-order chi connectivity index (χ1) is 24.2. The Bertz CT molecular complexity index is 1720. The average Bonchev–Trinajstić information content (AvgIpc) is 3.05. The van der Waals surface area contributed by atoms with Crippen LogP contribution in [0.4, 0.5) is 0 Å². The molecule has 0 aliphatic rings. The number of hydrogen-bond acceptors (Lipinski definition) is 8. The second-order valence-corrected chi connectivity index (χ2v) is 13.7. The highest BCUT2D eigenvalue weighted by molar-refractivity contribution is 5.91. The third kappa shape index (κ3) is 13.9. The quantitative estimate of drug-likeness (QED) is 0.0440. The van der Waals surface area contributed by atoms with Gasteiger partial charge in [-0.2, -0.15) is 0 Å². The van der Waals surface area contributed by atoms with Gasteiger partial charge in [-0.15, -0.1) is 0 Å². The fraction of sp³-hybridized carbons (Fsp3) is 0.474. The predicted octanol–water partition coefficient (Wildman–Crippen LogP) is 3.09. The Labute approximate surface area is 298 Å². The molecule has 0 fully saturated rings. The zero-order valence-corrected chi connectivity index (χ0v) is 29.9. The Balaban J connectivity index is 1.68. The Morgan fingerprint density at radius 3 is 2.31 bits per heavy atom. The fourth-order valence-electron chi connectivity index (χ4n) is 5.80. The van der Waals surface area contributed by atoms with Crippen molar-refractivity contribution in [1.29, 1.82) is 0 Å². The second-order valence-electron chi connectivity index (χ2n) is 13.7. The van der Waals surface area contributed by atoms with Crippen molar-refractivity contribution in [3.05, 3.63) is 76.1 Å². The number of carbonyl (C=O) groups is 4. The minimum Gasteiger partial charge on any atom is -0.508 e. The van der Waals surface area contributed by atoms with Crippen molar-refractivity contribution in [2.45, 2.75) is 84.7 Å². The van der Waals surface area contributed by atoms with E-state index in [1.165, 1.54) is 18.2 Å². The first-order valence-corrected chi connectivity index (χ1v) is 17.5. The van der Waals surface area contributed by atoms with Crippen molar-refractivity contribution in [3.63, 3.8) is 0 Å². The number of aliphatic imine (C=N–C) groups is 1. The van der Waals surface area contributed by atoms with Crippen LogP contribution < -0.4 is 33.0 Å². The number of guanidine groups is 1. The summed E-state index contributed by atoms with van der Waals surface area (Å²) >= 11 is 0. The van der Waals surface area contributed by atoms with Gasteiger partial charge in [0.2, 0.25) is 17.7 Å². The summed E-state index contributed by atoms with van der Waals surface area (Å²) in [5.41, 5.74) is 11.4. The van der Waals surface area contributed by atoms with E-state index in [2.05, 4.69) is 20.9 Å². The topological polar surface area (TPSA) is 219 Å². The summed E-state index contributed by atoms with van der Waals surface area (Å²) in [6.45, 7) is 8.41. The summed E-state index contributed by atoms with van der Waals surface area (Å²) in [4.78, 5) is 69.4. The number of carbonyl (C=O) groups excluding carboxylic acids is 4. The lowest BCUT2D eigenvalue weighted by Crippen LogP contribution is -2.53. The minimum atomic E-state index is -0.961. The molecule has 3 aromatic rings. The summed E-state index contributed by atoms with van der Waals surface area (Å²) in [5.74, 6) is -1.63. The van der Waals surface area contributed by atoms with Gasteiger partial charge in [-0.3, -0.25) is 24.2 Å². The maximum Gasteiger partial charge on any atom is 0.336 e. The first-order valence-electron chi connectivity index (χ1n) is 17.5. The van der Waals surface area contributed by atoms with Crippen LogP contribution in [0.3, 0.4) is 0 Å². The molecule has 0 aliphatic heterocycles. The van der Waals surface area contributed by atoms with Gasteiger partial charge in [-0.05, 0) is 54.4 Å². The normalized spacial score (nSPS) is 13.0. The van der Waals surface area contributed by atoms with E-state index in [4.69, 9.17) is 15.9 Å². The fourth-order valence-corrected chi connectivity index (χ4v) is 5.80. The number of Topliss-reactive ketones (excluding diaryl/α,β-unsaturated/α-hetero) is 1. The van der Waals surface area contributed by atoms with Crippen LogP contribution in [0.25, 0.3) is 11.0 Å². The van der Waals surface area contributed by atoms with E-state index in [1.807, 2.05) is 58.0 Å². The number of nitrogens with one attached hydrogen (secondary N) is 3. The molecule has 0 spiro atoms. The standard InChI is InChI=1S/C38H52N6O7/c1-23(2)16-27(18-28(45)12-8-9-15-41-38(39)40)36(49)44-32(24(3)4)22-42-37(50)31(17-25-10-6-5-7-11-25)43-34(47)19-26-20-35(48)51-33-21-29(46)13-14-30(26)33/h5-7,10-11,13-14,20-21,23-24,27,31-32,46H,8-9,12,15-19,22H2,1-4H3,(H,42,50)(H,43,47)(H,44,49)(H4,39,40,41). The summed E-state index contributed by atoms with van der Waals surface area (Å²) in [6.07, 6.45) is 2.27. The third-order valence-corrected chi connectivity index (χ3v) is 8.49. The molecule has 8 N–H and O–H groups in total. The van der Waals surface area contributed by atoms with Crippen LogP contribution in [-0.2, 0) is 32.0 Å². The van der Waals surface area contributed by atoms with Crippen molar-refractivity contribution in [3.8, 4) is 5.75 Å². The van der Waals surface area contributed by atoms with Crippen LogP contribution in [0.2, 0.25) is 0 Å². The van der Waals surface area contributed by atoms with Gasteiger partial charge in [0.05, 0.1) is 6.42 Å². The number of benzene rings is 2. The number of nitrogens with two attached hydrogens (primary N) is 2. The monoisotopic (exact) mass is 704 g/mol. The lowest BCUT2D eigenvalue weighted by atomic mass is 9.89. The molecule has 2 aromatic carbocycles. The molecule has 0 aliphatic carbocycles. The molecule has 0 saturated heterocycles. The molecule has 3 rings (SSSR count). The number of ketones is 1. The van der Waals surface area contributed by atoms with E-state index in [0.717, 1.165) is 5.56 Å². The number of unbranched alkanes of at least 4 members (excludes halogenated alkanes) is 1. The molecule has 13 heteroatoms. The molecule has 1 heterocycles. The summed E-state index contributed by atoms with van der Waals surface area (Å²) in [6, 6.07) is 13.3. The molecular weight excluding hydrogens is 652 g/mol. The maximum absolute atomic E-state index is 13.7. The lowest BCUT2D eigenvalue weighted by Gasteiger charge is -2.27. The van der Waals surface area contributed by atoms with Crippen LogP contribution in [0, 0.1) is 17.8 Å². The number of nitrogens with zero attached hydrogens (tertiary/aromatic N) is 1. The smallest absolute Gasteiger partial charge is 0.336 e. The van der Waals surface area contributed by atoms with Gasteiger partial charge < -0.3 is 36.9 Å². The molecule has 3 unspecified atom stereocenters. The van der Waals surface area contributed by atoms with Gasteiger partial charge in [-0.1, -0.05) is 58.0 Å². The molecule has 0 radical (unpaired) electrons. The van der Waals surface area contributed by atoms with E-state index in [-0.39, 0.29) is 66.6 Å². The van der Waals surface area contributed by atoms with Crippen LogP contribution in [0.1, 0.15) is 70.9 Å². The molecule has 3 atom stereocenters. The van der Waals surface area contributed by atoms with E-state index in [1.54, 1.807) is 6.07 Å². The van der Waals surface area contributed by atoms with Gasteiger partial charge >= 0.3 is 5.63 Å². The molecular formula is C38H52N6O7. The van der Waals surface area contributed by atoms with Crippen molar-refractivity contribution < 1.29 is 28.7 Å². The number of phenols is 1. The lowest BCUT2D eigenvalue weighted by molar-refractivity contribution is -0.131. The van der Waals surface area contributed by atoms with E-state index in [0.29, 0.717) is 43.2 Å². The van der Waals surface area contributed by atoms with Crippen molar-refractivity contribution in [2.24, 2.45) is 34.2 Å². The molecule has 0 saturated carbocycles. The van der Waals surface area contributed by atoms with E-state index in [9.17, 15) is 29.1 Å². The van der Waals surface area contributed by atoms with Crippen molar-refractivity contribution >= 4 is 40.4 Å². The largest absolute Gasteiger partial charge is 0.508 e. The maximum atomic E-state index is 13.7. The van der Waals surface area contributed by atoms with Crippen molar-refractivity contribution in [1.82, 2.24) is 16.0 Å². The average molecular weight is 705 g/mol. The van der Waals surface area contributed by atoms with Gasteiger partial charge in [0.15, 0.2) is 5.96 Å². The van der Waals surface area contributed by atoms with Gasteiger partial charge in [0.1, 0.15) is 23.2 Å². The highest BCUT2D eigenvalue weighted by Crippen LogP contribution is 2.22. The molecule has 1 aromatic heterocycles. The Morgan fingerprint density at radius 1 is 0.922 bits per heavy atom. The minimum absolute atomic E-state index is 0.00286. The number of rotatable bonds is 20. The number of amides is 3. The Morgan fingerprint density at radius 2 is 1.65 bits per heavy atom. The van der Waals surface area contributed by atoms with E-state index >= 15 is 0 Å². The Kier molecular flexibility index (Phi) is 15.7. The van der Waals surface area contributed by atoms with Crippen LogP contribution in [-0.4, -0.2) is 59.7 Å². The predicted molar refractivity (Wildman–Crippen MR) is 197 cm³/mol. The van der Waals surface area contributed by atoms with Crippen molar-refractivity contribution in [2.75, 3.05) is 13.1 Å². The first kappa shape index (κ1) is 40.2. The number of hydrogen-bond donors (Lipinski definition) is 6. The highest BCUT2D eigenvalue weighted by Gasteiger charge is 2.28. The number of phenolic OH excluding ortho intramolecular Hbond substituents is 1. The van der Waals surface area contributed by atoms with Crippen LogP contribution in [0.15, 0.2) is 68.8 Å². The molecule has 0 bridgehead atoms. The van der Waals surface area contributed by atoms with Crippen LogP contribution >= 0.6 is 0 Å². The SMILES string of the molecule is CC(C)CC(CC(=O)CCCCN=C(N)N)C(=O)NC(CNC(=O)C(Cc1ccccc1)NC(=O)Cc1cc(=O)oc2cc(O)ccc12)C(C)C. The molecule has 276 valence electrons. The van der Waals surface area contributed by atoms with Gasteiger partial charge in [0, 0.05) is 61.8 Å². The summed E-state index contributed by atoms with van der Waals surface area (Å²) in [7, 11) is 0. The number of fused-ring (bicyclic) bond motifs is 1. The summed E-state index contributed by atoms with van der Waals surface area (Å²) in [5, 5.41) is 19.1. The Hall–Kier alpha value is -5.20.